The molecule has 3 rings (SSSR count). The third-order valence-electron chi connectivity index (χ3n) is 4.16. The summed E-state index contributed by atoms with van der Waals surface area (Å²) in [4.78, 5) is 36.9. The molecule has 0 unspecified atom stereocenters. The maximum Gasteiger partial charge on any atom is 0.254 e. The van der Waals surface area contributed by atoms with E-state index in [2.05, 4.69) is 20.7 Å². The topological polar surface area (TPSA) is 133 Å². The summed E-state index contributed by atoms with van der Waals surface area (Å²) in [7, 11) is -3.43. The highest BCUT2D eigenvalue weighted by atomic mass is 32.2. The quantitative estimate of drug-likeness (QED) is 0.567. The molecule has 0 spiro atoms. The fourth-order valence-corrected chi connectivity index (χ4v) is 3.44. The lowest BCUT2D eigenvalue weighted by molar-refractivity contribution is -0.118. The van der Waals surface area contributed by atoms with E-state index in [1.165, 1.54) is 6.07 Å². The molecule has 1 aliphatic rings. The first kappa shape index (κ1) is 20.3. The standard InChI is InChI=1S/C19H20N4O5S/c1-29(27,28)23-13-6-4-5-12(11-13)20-17(24)10-9-16-19(26)21-15-8-3-2-7-14(15)18(25)22-16/h2-8,11,16,23H,9-10H2,1H3,(H,20,24)(H,21,26)(H,22,25)/t16-/m0/s1. The van der Waals surface area contributed by atoms with Crippen molar-refractivity contribution in [2.24, 2.45) is 0 Å². The highest BCUT2D eigenvalue weighted by molar-refractivity contribution is 7.92. The number of carbonyl (C=O) groups excluding carboxylic acids is 3. The van der Waals surface area contributed by atoms with Crippen LogP contribution in [0.15, 0.2) is 48.5 Å². The number of hydrogen-bond acceptors (Lipinski definition) is 5. The molecule has 0 fully saturated rings. The molecule has 1 aliphatic heterocycles. The lowest BCUT2D eigenvalue weighted by atomic mass is 10.1. The summed E-state index contributed by atoms with van der Waals surface area (Å²) in [5, 5.41) is 7.97. The van der Waals surface area contributed by atoms with Gasteiger partial charge in [-0.3, -0.25) is 19.1 Å². The SMILES string of the molecule is CS(=O)(=O)Nc1cccc(NC(=O)CC[C@@H]2NC(=O)c3ccccc3NC2=O)c1. The van der Waals surface area contributed by atoms with Crippen molar-refractivity contribution in [1.29, 1.82) is 0 Å². The molecular weight excluding hydrogens is 396 g/mol. The Morgan fingerprint density at radius 2 is 1.79 bits per heavy atom. The summed E-state index contributed by atoms with van der Waals surface area (Å²) in [6.45, 7) is 0. The number of nitrogens with one attached hydrogen (secondary N) is 4. The van der Waals surface area contributed by atoms with Crippen molar-refractivity contribution in [3.05, 3.63) is 54.1 Å². The average Bonchev–Trinajstić information content (AvgIpc) is 2.75. The summed E-state index contributed by atoms with van der Waals surface area (Å²) in [5.41, 5.74) is 1.52. The summed E-state index contributed by atoms with van der Waals surface area (Å²) in [6.07, 6.45) is 1.12. The van der Waals surface area contributed by atoms with Crippen molar-refractivity contribution in [1.82, 2.24) is 5.32 Å². The fourth-order valence-electron chi connectivity index (χ4n) is 2.89. The molecule has 10 heteroatoms. The van der Waals surface area contributed by atoms with Crippen molar-refractivity contribution in [3.63, 3.8) is 0 Å². The van der Waals surface area contributed by atoms with Crippen LogP contribution in [0.4, 0.5) is 17.1 Å². The molecule has 2 aromatic carbocycles. The summed E-state index contributed by atoms with van der Waals surface area (Å²) in [5.74, 6) is -1.15. The van der Waals surface area contributed by atoms with E-state index in [0.29, 0.717) is 22.6 Å². The van der Waals surface area contributed by atoms with E-state index < -0.39 is 22.0 Å². The Bertz CT molecular complexity index is 1070. The summed E-state index contributed by atoms with van der Waals surface area (Å²) in [6, 6.07) is 12.1. The molecule has 0 saturated heterocycles. The van der Waals surface area contributed by atoms with Gasteiger partial charge in [-0.05, 0) is 36.8 Å². The van der Waals surface area contributed by atoms with Gasteiger partial charge in [0.05, 0.1) is 23.2 Å². The van der Waals surface area contributed by atoms with Gasteiger partial charge >= 0.3 is 0 Å². The van der Waals surface area contributed by atoms with Crippen molar-refractivity contribution in [2.75, 3.05) is 21.6 Å². The van der Waals surface area contributed by atoms with Crippen LogP contribution in [0.25, 0.3) is 0 Å². The first-order valence-electron chi connectivity index (χ1n) is 8.80. The molecule has 0 radical (unpaired) electrons. The van der Waals surface area contributed by atoms with E-state index in [9.17, 15) is 22.8 Å². The van der Waals surface area contributed by atoms with Gasteiger partial charge in [0.1, 0.15) is 6.04 Å². The van der Waals surface area contributed by atoms with Gasteiger partial charge in [0.25, 0.3) is 5.91 Å². The molecule has 1 atom stereocenters. The number of fused-ring (bicyclic) bond motifs is 1. The second kappa shape index (κ2) is 8.31. The normalized spacial score (nSPS) is 16.1. The highest BCUT2D eigenvalue weighted by Crippen LogP contribution is 2.20. The van der Waals surface area contributed by atoms with Crippen LogP contribution >= 0.6 is 0 Å². The Morgan fingerprint density at radius 1 is 1.07 bits per heavy atom. The van der Waals surface area contributed by atoms with Crippen LogP contribution in [0, 0.1) is 0 Å². The molecule has 152 valence electrons. The Balaban J connectivity index is 1.59. The van der Waals surface area contributed by atoms with Gasteiger partial charge in [0.15, 0.2) is 0 Å². The van der Waals surface area contributed by atoms with E-state index in [4.69, 9.17) is 0 Å². The van der Waals surface area contributed by atoms with Gasteiger partial charge < -0.3 is 16.0 Å². The van der Waals surface area contributed by atoms with E-state index >= 15 is 0 Å². The second-order valence-electron chi connectivity index (χ2n) is 6.60. The van der Waals surface area contributed by atoms with Crippen LogP contribution in [0.3, 0.4) is 0 Å². The Morgan fingerprint density at radius 3 is 2.55 bits per heavy atom. The van der Waals surface area contributed by atoms with Gasteiger partial charge in [-0.1, -0.05) is 18.2 Å². The Hall–Kier alpha value is -3.40. The predicted molar refractivity (Wildman–Crippen MR) is 109 cm³/mol. The molecule has 0 aliphatic carbocycles. The van der Waals surface area contributed by atoms with Crippen molar-refractivity contribution in [2.45, 2.75) is 18.9 Å². The third kappa shape index (κ3) is 5.55. The maximum atomic E-state index is 12.3. The molecule has 1 heterocycles. The van der Waals surface area contributed by atoms with Crippen LogP contribution < -0.4 is 20.7 Å². The summed E-state index contributed by atoms with van der Waals surface area (Å²) >= 11 is 0. The van der Waals surface area contributed by atoms with E-state index in [-0.39, 0.29) is 24.7 Å². The zero-order chi connectivity index (χ0) is 21.0. The van der Waals surface area contributed by atoms with Crippen LogP contribution in [0.1, 0.15) is 23.2 Å². The molecule has 0 bridgehead atoms. The van der Waals surface area contributed by atoms with Gasteiger partial charge in [0.2, 0.25) is 21.8 Å². The first-order chi connectivity index (χ1) is 13.7. The Labute approximate surface area is 167 Å². The van der Waals surface area contributed by atoms with Crippen molar-refractivity contribution in [3.8, 4) is 0 Å². The Kier molecular flexibility index (Phi) is 5.83. The maximum absolute atomic E-state index is 12.3. The van der Waals surface area contributed by atoms with Crippen LogP contribution in [-0.4, -0.2) is 38.4 Å². The molecular formula is C19H20N4O5S. The number of para-hydroxylation sites is 1. The molecule has 9 nitrogen and oxygen atoms in total. The lowest BCUT2D eigenvalue weighted by Gasteiger charge is -2.14. The average molecular weight is 416 g/mol. The zero-order valence-corrected chi connectivity index (χ0v) is 16.4. The van der Waals surface area contributed by atoms with Gasteiger partial charge in [-0.15, -0.1) is 0 Å². The molecule has 0 aromatic heterocycles. The molecule has 29 heavy (non-hydrogen) atoms. The largest absolute Gasteiger partial charge is 0.340 e. The van der Waals surface area contributed by atoms with Crippen molar-refractivity contribution >= 4 is 44.8 Å². The van der Waals surface area contributed by atoms with Crippen LogP contribution in [0.2, 0.25) is 0 Å². The predicted octanol–water partition coefficient (Wildman–Crippen LogP) is 1.53. The minimum Gasteiger partial charge on any atom is -0.340 e. The molecule has 0 saturated carbocycles. The first-order valence-corrected chi connectivity index (χ1v) is 10.7. The smallest absolute Gasteiger partial charge is 0.254 e. The monoisotopic (exact) mass is 416 g/mol. The number of rotatable bonds is 6. The number of carbonyl (C=O) groups is 3. The van der Waals surface area contributed by atoms with Crippen LogP contribution in [-0.2, 0) is 19.6 Å². The van der Waals surface area contributed by atoms with Crippen LogP contribution in [0.5, 0.6) is 0 Å². The number of benzene rings is 2. The molecule has 4 N–H and O–H groups in total. The van der Waals surface area contributed by atoms with Gasteiger partial charge in [-0.2, -0.15) is 0 Å². The lowest BCUT2D eigenvalue weighted by Crippen LogP contribution is -2.41. The van der Waals surface area contributed by atoms with Gasteiger partial charge in [-0.25, -0.2) is 8.42 Å². The number of sulfonamides is 1. The minimum absolute atomic E-state index is 0.0154. The number of hydrogen-bond donors (Lipinski definition) is 4. The van der Waals surface area contributed by atoms with E-state index in [1.807, 2.05) is 0 Å². The summed E-state index contributed by atoms with van der Waals surface area (Å²) < 4.78 is 24.9. The molecule has 2 aromatic rings. The fraction of sp³-hybridized carbons (Fsp3) is 0.211. The molecule has 3 amide bonds. The number of anilines is 3. The highest BCUT2D eigenvalue weighted by Gasteiger charge is 2.27. The zero-order valence-electron chi connectivity index (χ0n) is 15.6. The van der Waals surface area contributed by atoms with E-state index in [0.717, 1.165) is 6.26 Å². The van der Waals surface area contributed by atoms with E-state index in [1.54, 1.807) is 42.5 Å². The van der Waals surface area contributed by atoms with Crippen molar-refractivity contribution < 1.29 is 22.8 Å². The minimum atomic E-state index is -3.43. The second-order valence-corrected chi connectivity index (χ2v) is 8.35. The number of amides is 3. The van der Waals surface area contributed by atoms with Gasteiger partial charge in [0, 0.05) is 12.1 Å². The third-order valence-corrected chi connectivity index (χ3v) is 4.77.